The number of carbonyl (C=O) groups excluding carboxylic acids is 1. The van der Waals surface area contributed by atoms with Gasteiger partial charge in [0.15, 0.2) is 0 Å². The second-order valence-electron chi connectivity index (χ2n) is 8.03. The molecule has 0 saturated heterocycles. The molecule has 1 heterocycles. The number of methoxy groups -OCH3 is 2. The molecule has 0 fully saturated rings. The maximum absolute atomic E-state index is 13.0. The fourth-order valence-corrected chi connectivity index (χ4v) is 4.53. The number of benzene rings is 2. The third kappa shape index (κ3) is 5.22. The maximum Gasteiger partial charge on any atom is 0.241 e. The van der Waals surface area contributed by atoms with Crippen LogP contribution in [0.15, 0.2) is 42.5 Å². The summed E-state index contributed by atoms with van der Waals surface area (Å²) in [6.07, 6.45) is 1.59. The van der Waals surface area contributed by atoms with E-state index >= 15 is 0 Å². The van der Waals surface area contributed by atoms with Gasteiger partial charge in [-0.1, -0.05) is 12.1 Å². The molecule has 1 aliphatic heterocycles. The smallest absolute Gasteiger partial charge is 0.241 e. The molecule has 3 rings (SSSR count). The van der Waals surface area contributed by atoms with Crippen molar-refractivity contribution < 1.29 is 27.4 Å². The summed E-state index contributed by atoms with van der Waals surface area (Å²) in [4.78, 5) is 13.0. The molecule has 0 unspecified atom stereocenters. The Morgan fingerprint density at radius 2 is 1.90 bits per heavy atom. The van der Waals surface area contributed by atoms with E-state index in [1.54, 1.807) is 43.5 Å². The van der Waals surface area contributed by atoms with Crippen LogP contribution in [0.2, 0.25) is 0 Å². The SMILES string of the molecule is COc1ccc2c(c1)OC(C)(C)C[C@@H]2NC(=O)CN(c1ccccc1OC)S(C)(=O)=O. The molecule has 0 aliphatic carbocycles. The Kier molecular flexibility index (Phi) is 6.35. The minimum Gasteiger partial charge on any atom is -0.497 e. The van der Waals surface area contributed by atoms with E-state index in [1.807, 2.05) is 19.9 Å². The predicted molar refractivity (Wildman–Crippen MR) is 118 cm³/mol. The number of carbonyl (C=O) groups is 1. The van der Waals surface area contributed by atoms with Crippen molar-refractivity contribution in [3.8, 4) is 17.2 Å². The molecule has 0 bridgehead atoms. The first-order valence-electron chi connectivity index (χ1n) is 9.81. The van der Waals surface area contributed by atoms with E-state index in [0.717, 1.165) is 16.1 Å². The van der Waals surface area contributed by atoms with E-state index in [1.165, 1.54) is 7.11 Å². The monoisotopic (exact) mass is 448 g/mol. The number of anilines is 1. The van der Waals surface area contributed by atoms with Gasteiger partial charge < -0.3 is 19.5 Å². The van der Waals surface area contributed by atoms with Gasteiger partial charge in [0.1, 0.15) is 29.4 Å². The lowest BCUT2D eigenvalue weighted by Gasteiger charge is -2.38. The number of ether oxygens (including phenoxy) is 3. The standard InChI is InChI=1S/C22H28N2O6S/c1-22(2)13-17(16-11-10-15(28-3)12-20(16)30-22)23-21(25)14-24(31(5,26)27)18-8-6-7-9-19(18)29-4/h6-12,17H,13-14H2,1-5H3,(H,23,25)/t17-/m0/s1. The highest BCUT2D eigenvalue weighted by molar-refractivity contribution is 7.92. The highest BCUT2D eigenvalue weighted by Crippen LogP contribution is 2.41. The third-order valence-corrected chi connectivity index (χ3v) is 6.18. The number of rotatable bonds is 7. The van der Waals surface area contributed by atoms with Gasteiger partial charge >= 0.3 is 0 Å². The van der Waals surface area contributed by atoms with Crippen molar-refractivity contribution in [3.63, 3.8) is 0 Å². The summed E-state index contributed by atoms with van der Waals surface area (Å²) in [5, 5.41) is 2.97. The Bertz CT molecular complexity index is 1070. The summed E-state index contributed by atoms with van der Waals surface area (Å²) in [7, 11) is -0.698. The molecule has 1 N–H and O–H groups in total. The lowest BCUT2D eigenvalue weighted by atomic mass is 9.89. The van der Waals surface area contributed by atoms with Crippen molar-refractivity contribution in [2.24, 2.45) is 0 Å². The second kappa shape index (κ2) is 8.66. The summed E-state index contributed by atoms with van der Waals surface area (Å²) in [5.41, 5.74) is 0.605. The van der Waals surface area contributed by atoms with Crippen LogP contribution in [0, 0.1) is 0 Å². The van der Waals surface area contributed by atoms with E-state index < -0.39 is 21.5 Å². The lowest BCUT2D eigenvalue weighted by molar-refractivity contribution is -0.120. The maximum atomic E-state index is 13.0. The second-order valence-corrected chi connectivity index (χ2v) is 9.94. The quantitative estimate of drug-likeness (QED) is 0.700. The Hall–Kier alpha value is -2.94. The summed E-state index contributed by atoms with van der Waals surface area (Å²) in [6.45, 7) is 3.50. The number of hydrogen-bond donors (Lipinski definition) is 1. The fraction of sp³-hybridized carbons (Fsp3) is 0.409. The van der Waals surface area contributed by atoms with Gasteiger partial charge in [0.25, 0.3) is 0 Å². The first kappa shape index (κ1) is 22.7. The molecule has 2 aromatic carbocycles. The number of para-hydroxylation sites is 2. The third-order valence-electron chi connectivity index (χ3n) is 5.05. The average Bonchev–Trinajstić information content (AvgIpc) is 2.69. The Labute approximate surface area is 183 Å². The van der Waals surface area contributed by atoms with Crippen molar-refractivity contribution in [2.45, 2.75) is 31.9 Å². The highest BCUT2D eigenvalue weighted by Gasteiger charge is 2.35. The zero-order valence-electron chi connectivity index (χ0n) is 18.3. The van der Waals surface area contributed by atoms with Gasteiger partial charge in [0.05, 0.1) is 32.2 Å². The van der Waals surface area contributed by atoms with E-state index in [2.05, 4.69) is 5.32 Å². The van der Waals surface area contributed by atoms with Crippen LogP contribution in [0.4, 0.5) is 5.69 Å². The molecule has 9 heteroatoms. The minimum absolute atomic E-state index is 0.306. The number of sulfonamides is 1. The normalized spacial score (nSPS) is 17.1. The fourth-order valence-electron chi connectivity index (χ4n) is 3.67. The number of nitrogens with one attached hydrogen (secondary N) is 1. The van der Waals surface area contributed by atoms with Gasteiger partial charge in [-0.2, -0.15) is 0 Å². The molecule has 168 valence electrons. The van der Waals surface area contributed by atoms with Crippen molar-refractivity contribution in [1.29, 1.82) is 0 Å². The molecule has 0 radical (unpaired) electrons. The van der Waals surface area contributed by atoms with E-state index in [4.69, 9.17) is 14.2 Å². The number of hydrogen-bond acceptors (Lipinski definition) is 6. The predicted octanol–water partition coefficient (Wildman–Crippen LogP) is 2.89. The molecule has 1 atom stereocenters. The molecular weight excluding hydrogens is 420 g/mol. The van der Waals surface area contributed by atoms with Gasteiger partial charge in [-0.15, -0.1) is 0 Å². The molecule has 0 aromatic heterocycles. The Morgan fingerprint density at radius 1 is 1.19 bits per heavy atom. The number of amides is 1. The highest BCUT2D eigenvalue weighted by atomic mass is 32.2. The van der Waals surface area contributed by atoms with Crippen LogP contribution < -0.4 is 23.8 Å². The first-order chi connectivity index (χ1) is 14.5. The topological polar surface area (TPSA) is 94.2 Å². The van der Waals surface area contributed by atoms with Gasteiger partial charge in [-0.3, -0.25) is 9.10 Å². The first-order valence-corrected chi connectivity index (χ1v) is 11.7. The molecule has 31 heavy (non-hydrogen) atoms. The summed E-state index contributed by atoms with van der Waals surface area (Å²) in [6, 6.07) is 11.8. The van der Waals surface area contributed by atoms with Crippen LogP contribution in [-0.2, 0) is 14.8 Å². The van der Waals surface area contributed by atoms with E-state index in [9.17, 15) is 13.2 Å². The summed E-state index contributed by atoms with van der Waals surface area (Å²) >= 11 is 0. The van der Waals surface area contributed by atoms with Crippen LogP contribution in [0.5, 0.6) is 17.2 Å². The Morgan fingerprint density at radius 3 is 2.55 bits per heavy atom. The minimum atomic E-state index is -3.73. The summed E-state index contributed by atoms with van der Waals surface area (Å²) in [5.74, 6) is 1.22. The molecule has 0 spiro atoms. The van der Waals surface area contributed by atoms with E-state index in [0.29, 0.717) is 29.4 Å². The largest absolute Gasteiger partial charge is 0.497 e. The van der Waals surface area contributed by atoms with Crippen molar-refractivity contribution in [2.75, 3.05) is 31.3 Å². The summed E-state index contributed by atoms with van der Waals surface area (Å²) < 4.78 is 42.6. The van der Waals surface area contributed by atoms with Gasteiger partial charge in [-0.25, -0.2) is 8.42 Å². The van der Waals surface area contributed by atoms with Crippen LogP contribution in [0.3, 0.4) is 0 Å². The van der Waals surface area contributed by atoms with Crippen molar-refractivity contribution in [1.82, 2.24) is 5.32 Å². The molecule has 1 aliphatic rings. The lowest BCUT2D eigenvalue weighted by Crippen LogP contribution is -2.45. The van der Waals surface area contributed by atoms with Gasteiger partial charge in [0.2, 0.25) is 15.9 Å². The molecule has 1 amide bonds. The molecule has 0 saturated carbocycles. The van der Waals surface area contributed by atoms with Crippen LogP contribution in [-0.4, -0.2) is 46.9 Å². The van der Waals surface area contributed by atoms with E-state index in [-0.39, 0.29) is 12.6 Å². The molecule has 2 aromatic rings. The van der Waals surface area contributed by atoms with Crippen LogP contribution in [0.25, 0.3) is 0 Å². The van der Waals surface area contributed by atoms with Crippen LogP contribution in [0.1, 0.15) is 31.9 Å². The zero-order valence-corrected chi connectivity index (χ0v) is 19.2. The zero-order chi connectivity index (χ0) is 22.8. The Balaban J connectivity index is 1.86. The molecular formula is C22H28N2O6S. The van der Waals surface area contributed by atoms with Crippen molar-refractivity contribution >= 4 is 21.6 Å². The number of nitrogens with zero attached hydrogens (tertiary/aromatic N) is 1. The van der Waals surface area contributed by atoms with Crippen LogP contribution >= 0.6 is 0 Å². The average molecular weight is 449 g/mol. The van der Waals surface area contributed by atoms with Gasteiger partial charge in [0, 0.05) is 18.1 Å². The van der Waals surface area contributed by atoms with Gasteiger partial charge in [-0.05, 0) is 38.1 Å². The number of fused-ring (bicyclic) bond motifs is 1. The molecule has 8 nitrogen and oxygen atoms in total. The van der Waals surface area contributed by atoms with Crippen molar-refractivity contribution in [3.05, 3.63) is 48.0 Å².